The second kappa shape index (κ2) is 10.9. The molecule has 2 aromatic rings. The molecule has 0 aliphatic rings. The average molecular weight is 447 g/mol. The monoisotopic (exact) mass is 447 g/mol. The normalized spacial score (nSPS) is 13.6. The third-order valence-electron chi connectivity index (χ3n) is 4.63. The molecule has 0 saturated heterocycles. The van der Waals surface area contributed by atoms with Gasteiger partial charge in [0.05, 0.1) is 19.0 Å². The van der Waals surface area contributed by atoms with Gasteiger partial charge < -0.3 is 36.9 Å². The molecule has 12 nitrogen and oxygen atoms in total. The lowest BCUT2D eigenvalue weighted by atomic mass is 10.0. The number of carbonyl (C=O) groups is 5. The minimum absolute atomic E-state index is 0.0362. The van der Waals surface area contributed by atoms with Gasteiger partial charge in [-0.25, -0.2) is 0 Å². The Bertz CT molecular complexity index is 1020. The lowest BCUT2D eigenvalue weighted by Gasteiger charge is -2.20. The summed E-state index contributed by atoms with van der Waals surface area (Å²) in [5, 5.41) is 25.5. The molecule has 3 unspecified atom stereocenters. The molecule has 12 heteroatoms. The quantitative estimate of drug-likeness (QED) is 0.220. The molecule has 2 rings (SSSR count). The fraction of sp³-hybridized carbons (Fsp3) is 0.350. The van der Waals surface area contributed by atoms with E-state index < -0.39 is 60.8 Å². The van der Waals surface area contributed by atoms with E-state index >= 15 is 0 Å². The highest BCUT2D eigenvalue weighted by Gasteiger charge is 2.26. The molecule has 32 heavy (non-hydrogen) atoms. The number of rotatable bonds is 11. The summed E-state index contributed by atoms with van der Waals surface area (Å²) in [5.74, 6) is -4.79. The Morgan fingerprint density at radius 3 is 2.41 bits per heavy atom. The first-order valence-corrected chi connectivity index (χ1v) is 9.71. The molecule has 0 spiro atoms. The Hall–Kier alpha value is -3.93. The summed E-state index contributed by atoms with van der Waals surface area (Å²) in [4.78, 5) is 61.6. The number of carbonyl (C=O) groups excluding carboxylic acids is 3. The van der Waals surface area contributed by atoms with Gasteiger partial charge in [-0.15, -0.1) is 0 Å². The van der Waals surface area contributed by atoms with Crippen molar-refractivity contribution in [2.24, 2.45) is 5.73 Å². The number of benzene rings is 1. The van der Waals surface area contributed by atoms with Crippen molar-refractivity contribution in [3.63, 3.8) is 0 Å². The van der Waals surface area contributed by atoms with Crippen LogP contribution in [0.1, 0.15) is 18.9 Å². The van der Waals surface area contributed by atoms with Crippen LogP contribution in [0.15, 0.2) is 30.5 Å². The maximum atomic E-state index is 12.7. The number of nitrogens with two attached hydrogens (primary N) is 1. The number of carboxylic acid groups (broad SMARTS) is 2. The zero-order chi connectivity index (χ0) is 23.8. The number of aromatic amines is 1. The summed E-state index contributed by atoms with van der Waals surface area (Å²) >= 11 is 0. The van der Waals surface area contributed by atoms with Gasteiger partial charge in [0.2, 0.25) is 17.7 Å². The third-order valence-corrected chi connectivity index (χ3v) is 4.63. The van der Waals surface area contributed by atoms with Crippen LogP contribution in [-0.4, -0.2) is 69.5 Å². The molecule has 0 bridgehead atoms. The Labute approximate surface area is 182 Å². The smallest absolute Gasteiger partial charge is 0.325 e. The minimum atomic E-state index is -1.37. The molecular weight excluding hydrogens is 422 g/mol. The largest absolute Gasteiger partial charge is 0.481 e. The summed E-state index contributed by atoms with van der Waals surface area (Å²) in [6.07, 6.45) is 1.09. The standard InChI is InChI=1S/C20H25N5O7/c1-10(20(31)32)24-16(26)9-23-19(30)15(25-18(29)13(21)7-17(27)28)6-11-8-22-14-5-3-2-4-12(11)14/h2-5,8,10,13,15,22H,6-7,9,21H2,1H3,(H,23,30)(H,24,26)(H,25,29)(H,27,28)(H,31,32). The Balaban J connectivity index is 2.12. The molecule has 0 fully saturated rings. The zero-order valence-corrected chi connectivity index (χ0v) is 17.3. The number of amides is 3. The maximum Gasteiger partial charge on any atom is 0.325 e. The van der Waals surface area contributed by atoms with Crippen LogP contribution in [0.3, 0.4) is 0 Å². The number of hydrogen-bond acceptors (Lipinski definition) is 6. The second-order valence-electron chi connectivity index (χ2n) is 7.17. The van der Waals surface area contributed by atoms with Crippen molar-refractivity contribution >= 4 is 40.6 Å². The van der Waals surface area contributed by atoms with E-state index in [1.165, 1.54) is 6.92 Å². The van der Waals surface area contributed by atoms with Gasteiger partial charge in [-0.1, -0.05) is 18.2 Å². The minimum Gasteiger partial charge on any atom is -0.481 e. The predicted molar refractivity (Wildman–Crippen MR) is 112 cm³/mol. The van der Waals surface area contributed by atoms with E-state index in [-0.39, 0.29) is 6.42 Å². The van der Waals surface area contributed by atoms with Crippen LogP contribution in [0.4, 0.5) is 0 Å². The molecule has 0 saturated carbocycles. The third kappa shape index (κ3) is 6.80. The molecule has 8 N–H and O–H groups in total. The van der Waals surface area contributed by atoms with E-state index in [9.17, 15) is 24.0 Å². The van der Waals surface area contributed by atoms with Crippen LogP contribution in [-0.2, 0) is 30.4 Å². The van der Waals surface area contributed by atoms with E-state index in [0.29, 0.717) is 5.56 Å². The molecule has 0 radical (unpaired) electrons. The lowest BCUT2D eigenvalue weighted by molar-refractivity contribution is -0.141. The topological polar surface area (TPSA) is 204 Å². The second-order valence-corrected chi connectivity index (χ2v) is 7.17. The fourth-order valence-corrected chi connectivity index (χ4v) is 2.93. The zero-order valence-electron chi connectivity index (χ0n) is 17.3. The van der Waals surface area contributed by atoms with E-state index in [4.69, 9.17) is 15.9 Å². The van der Waals surface area contributed by atoms with Crippen molar-refractivity contribution in [2.45, 2.75) is 37.9 Å². The van der Waals surface area contributed by atoms with Crippen LogP contribution < -0.4 is 21.7 Å². The summed E-state index contributed by atoms with van der Waals surface area (Å²) in [5.41, 5.74) is 7.11. The number of nitrogens with one attached hydrogen (secondary N) is 4. The number of carboxylic acids is 2. The Morgan fingerprint density at radius 2 is 1.75 bits per heavy atom. The molecule has 1 aromatic carbocycles. The van der Waals surface area contributed by atoms with Crippen molar-refractivity contribution in [1.29, 1.82) is 0 Å². The van der Waals surface area contributed by atoms with Crippen LogP contribution >= 0.6 is 0 Å². The molecule has 0 aliphatic carbocycles. The van der Waals surface area contributed by atoms with Gasteiger partial charge in [-0.3, -0.25) is 24.0 Å². The van der Waals surface area contributed by atoms with Gasteiger partial charge in [0.15, 0.2) is 0 Å². The fourth-order valence-electron chi connectivity index (χ4n) is 2.93. The van der Waals surface area contributed by atoms with Gasteiger partial charge in [0.1, 0.15) is 12.1 Å². The van der Waals surface area contributed by atoms with E-state index in [0.717, 1.165) is 10.9 Å². The van der Waals surface area contributed by atoms with Crippen molar-refractivity contribution in [3.8, 4) is 0 Å². The van der Waals surface area contributed by atoms with Crippen molar-refractivity contribution < 1.29 is 34.2 Å². The molecule has 3 atom stereocenters. The Kier molecular flexibility index (Phi) is 8.30. The Morgan fingerprint density at radius 1 is 1.06 bits per heavy atom. The number of fused-ring (bicyclic) bond motifs is 1. The number of aliphatic carboxylic acids is 2. The molecule has 3 amide bonds. The van der Waals surface area contributed by atoms with E-state index in [2.05, 4.69) is 20.9 Å². The first kappa shape index (κ1) is 24.3. The maximum absolute atomic E-state index is 12.7. The highest BCUT2D eigenvalue weighted by molar-refractivity contribution is 5.94. The highest BCUT2D eigenvalue weighted by atomic mass is 16.4. The number of hydrogen-bond donors (Lipinski definition) is 7. The summed E-state index contributed by atoms with van der Waals surface area (Å²) in [7, 11) is 0. The predicted octanol–water partition coefficient (Wildman–Crippen LogP) is -1.30. The van der Waals surface area contributed by atoms with E-state index in [1.807, 2.05) is 24.3 Å². The first-order valence-electron chi connectivity index (χ1n) is 9.71. The molecule has 0 aliphatic heterocycles. The van der Waals surface area contributed by atoms with Crippen LogP contribution in [0.2, 0.25) is 0 Å². The van der Waals surface area contributed by atoms with Crippen molar-refractivity contribution in [1.82, 2.24) is 20.9 Å². The average Bonchev–Trinajstić information content (AvgIpc) is 3.13. The summed E-state index contributed by atoms with van der Waals surface area (Å²) in [6.45, 7) is 0.754. The number of para-hydroxylation sites is 1. The van der Waals surface area contributed by atoms with Gasteiger partial charge in [0, 0.05) is 23.5 Å². The molecule has 1 aromatic heterocycles. The van der Waals surface area contributed by atoms with Crippen molar-refractivity contribution in [2.75, 3.05) is 6.54 Å². The van der Waals surface area contributed by atoms with Crippen LogP contribution in [0.5, 0.6) is 0 Å². The van der Waals surface area contributed by atoms with Gasteiger partial charge >= 0.3 is 11.9 Å². The van der Waals surface area contributed by atoms with Gasteiger partial charge in [-0.2, -0.15) is 0 Å². The molecule has 172 valence electrons. The highest BCUT2D eigenvalue weighted by Crippen LogP contribution is 2.19. The van der Waals surface area contributed by atoms with Gasteiger partial charge in [-0.05, 0) is 18.6 Å². The molecule has 1 heterocycles. The summed E-state index contributed by atoms with van der Waals surface area (Å²) < 4.78 is 0. The van der Waals surface area contributed by atoms with Gasteiger partial charge in [0.25, 0.3) is 0 Å². The molecular formula is C20H25N5O7. The SMILES string of the molecule is CC(NC(=O)CNC(=O)C(Cc1c[nH]c2ccccc12)NC(=O)C(N)CC(=O)O)C(=O)O. The van der Waals surface area contributed by atoms with Crippen molar-refractivity contribution in [3.05, 3.63) is 36.0 Å². The van der Waals surface area contributed by atoms with E-state index in [1.54, 1.807) is 6.20 Å². The van der Waals surface area contributed by atoms with Crippen LogP contribution in [0, 0.1) is 0 Å². The number of aromatic nitrogens is 1. The number of H-pyrrole nitrogens is 1. The first-order chi connectivity index (χ1) is 15.1. The van der Waals surface area contributed by atoms with Crippen LogP contribution in [0.25, 0.3) is 10.9 Å². The lowest BCUT2D eigenvalue weighted by Crippen LogP contribution is -2.54. The summed E-state index contributed by atoms with van der Waals surface area (Å²) in [6, 6.07) is 3.63.